The van der Waals surface area contributed by atoms with E-state index in [0.717, 1.165) is 4.90 Å². The molecular weight excluding hydrogens is 488 g/mol. The Morgan fingerprint density at radius 1 is 1.42 bits per heavy atom. The van der Waals surface area contributed by atoms with Gasteiger partial charge in [0.15, 0.2) is 5.13 Å². The van der Waals surface area contributed by atoms with Crippen molar-refractivity contribution in [2.45, 2.75) is 41.6 Å². The van der Waals surface area contributed by atoms with Crippen LogP contribution in [0.1, 0.15) is 18.5 Å². The maximum absolute atomic E-state index is 11.0. The first-order chi connectivity index (χ1) is 15.9. The fraction of sp³-hybridized carbons (Fsp3) is 0.400. The number of hydrogen-bond donors (Lipinski definition) is 3. The average Bonchev–Trinajstić information content (AvgIpc) is 3.45. The van der Waals surface area contributed by atoms with Crippen LogP contribution in [0.25, 0.3) is 11.4 Å². The van der Waals surface area contributed by atoms with E-state index in [0.29, 0.717) is 33.7 Å². The van der Waals surface area contributed by atoms with Gasteiger partial charge in [-0.25, -0.2) is 9.67 Å². The molecule has 2 aromatic heterocycles. The van der Waals surface area contributed by atoms with Crippen molar-refractivity contribution in [1.29, 1.82) is 5.26 Å². The van der Waals surface area contributed by atoms with E-state index in [1.165, 1.54) is 27.8 Å². The summed E-state index contributed by atoms with van der Waals surface area (Å²) in [7, 11) is 0. The molecule has 13 heteroatoms. The van der Waals surface area contributed by atoms with Crippen LogP contribution in [0.5, 0.6) is 0 Å². The molecule has 1 aromatic carbocycles. The number of aliphatic hydroxyl groups is 2. The van der Waals surface area contributed by atoms with Gasteiger partial charge in [0, 0.05) is 16.9 Å². The van der Waals surface area contributed by atoms with Crippen LogP contribution in [0, 0.1) is 11.3 Å². The van der Waals surface area contributed by atoms with E-state index in [2.05, 4.69) is 15.3 Å². The molecule has 0 aliphatic carbocycles. The number of nitriles is 1. The predicted octanol–water partition coefficient (Wildman–Crippen LogP) is 2.33. The van der Waals surface area contributed by atoms with Gasteiger partial charge in [0.1, 0.15) is 47.2 Å². The Morgan fingerprint density at radius 2 is 2.24 bits per heavy atom. The molecule has 0 bridgehead atoms. The van der Waals surface area contributed by atoms with Crippen LogP contribution >= 0.6 is 34.7 Å². The molecular formula is C20H21ClN6O4S2. The second-order valence-electron chi connectivity index (χ2n) is 7.15. The number of aromatic nitrogens is 4. The number of ether oxygens (including phenoxy) is 2. The van der Waals surface area contributed by atoms with E-state index >= 15 is 0 Å². The molecule has 1 fully saturated rings. The summed E-state index contributed by atoms with van der Waals surface area (Å²) in [6.07, 6.45) is -0.958. The first-order valence-corrected chi connectivity index (χ1v) is 12.1. The molecule has 10 nitrogen and oxygen atoms in total. The van der Waals surface area contributed by atoms with Crippen molar-refractivity contribution in [3.63, 3.8) is 0 Å². The fourth-order valence-electron chi connectivity index (χ4n) is 3.57. The lowest BCUT2D eigenvalue weighted by Gasteiger charge is -2.43. The number of rotatable bonds is 7. The minimum absolute atomic E-state index is 0.324. The zero-order valence-corrected chi connectivity index (χ0v) is 19.8. The first kappa shape index (κ1) is 23.9. The van der Waals surface area contributed by atoms with Crippen LogP contribution in [0.15, 0.2) is 34.7 Å². The second kappa shape index (κ2) is 10.4. The topological polar surface area (TPSA) is 152 Å². The van der Waals surface area contributed by atoms with Gasteiger partial charge in [-0.1, -0.05) is 28.6 Å². The number of nitrogen functional groups attached to an aromatic ring is 1. The largest absolute Gasteiger partial charge is 0.394 e. The zero-order chi connectivity index (χ0) is 23.5. The summed E-state index contributed by atoms with van der Waals surface area (Å²) in [5, 5.41) is 40.9. The van der Waals surface area contributed by atoms with Crippen LogP contribution in [0.2, 0.25) is 5.02 Å². The van der Waals surface area contributed by atoms with Gasteiger partial charge in [0.2, 0.25) is 0 Å². The minimum atomic E-state index is -1.11. The standard InChI is InChI=1S/C20H21ClN6O4S2/c1-2-30-18-16(27-7-13(25-26-27)14-9-32-20(23)24-14)17(29)15(8-28)31-19(18)33-11-4-3-10(6-22)12(21)5-11/h3-5,7,9,15-19,28-29H,2,8H2,1H3,(H2,23,24)/t15?,16-,17-,18?,19+/m0/s1. The lowest BCUT2D eigenvalue weighted by atomic mass is 9.97. The molecule has 4 N–H and O–H groups in total. The van der Waals surface area contributed by atoms with Gasteiger partial charge in [-0.3, -0.25) is 0 Å². The normalized spacial score (nSPS) is 25.1. The van der Waals surface area contributed by atoms with Crippen molar-refractivity contribution in [2.24, 2.45) is 0 Å². The highest BCUT2D eigenvalue weighted by atomic mass is 35.5. The molecule has 33 heavy (non-hydrogen) atoms. The summed E-state index contributed by atoms with van der Waals surface area (Å²) >= 11 is 8.80. The summed E-state index contributed by atoms with van der Waals surface area (Å²) in [5.74, 6) is 0. The summed E-state index contributed by atoms with van der Waals surface area (Å²) < 4.78 is 13.5. The number of nitrogens with zero attached hydrogens (tertiary/aromatic N) is 5. The molecule has 0 spiro atoms. The van der Waals surface area contributed by atoms with Crippen molar-refractivity contribution in [3.8, 4) is 17.5 Å². The summed E-state index contributed by atoms with van der Waals surface area (Å²) in [6.45, 7) is 1.80. The number of aliphatic hydroxyl groups excluding tert-OH is 2. The summed E-state index contributed by atoms with van der Waals surface area (Å²) in [4.78, 5) is 4.97. The van der Waals surface area contributed by atoms with Crippen molar-refractivity contribution in [1.82, 2.24) is 20.0 Å². The molecule has 3 aromatic rings. The zero-order valence-electron chi connectivity index (χ0n) is 17.4. The fourth-order valence-corrected chi connectivity index (χ4v) is 5.58. The lowest BCUT2D eigenvalue weighted by molar-refractivity contribution is -0.191. The summed E-state index contributed by atoms with van der Waals surface area (Å²) in [5.41, 5.74) is 6.56. The second-order valence-corrected chi connectivity index (χ2v) is 9.62. The van der Waals surface area contributed by atoms with Crippen molar-refractivity contribution >= 4 is 39.8 Å². The van der Waals surface area contributed by atoms with Gasteiger partial charge in [-0.05, 0) is 25.1 Å². The molecule has 1 aliphatic rings. The molecule has 1 aliphatic heterocycles. The van der Waals surface area contributed by atoms with Gasteiger partial charge in [0.05, 0.1) is 23.4 Å². The first-order valence-electron chi connectivity index (χ1n) is 10.0. The summed E-state index contributed by atoms with van der Waals surface area (Å²) in [6, 6.07) is 6.39. The monoisotopic (exact) mass is 508 g/mol. The molecule has 3 heterocycles. The van der Waals surface area contributed by atoms with Crippen molar-refractivity contribution in [2.75, 3.05) is 18.9 Å². The molecule has 4 rings (SSSR count). The molecule has 0 saturated carbocycles. The molecule has 0 radical (unpaired) electrons. The van der Waals surface area contributed by atoms with E-state index in [1.807, 2.05) is 13.0 Å². The third kappa shape index (κ3) is 4.99. The Labute approximate surface area is 202 Å². The smallest absolute Gasteiger partial charge is 0.180 e. The molecule has 5 atom stereocenters. The van der Waals surface area contributed by atoms with E-state index in [4.69, 9.17) is 32.1 Å². The van der Waals surface area contributed by atoms with Crippen molar-refractivity contribution < 1.29 is 19.7 Å². The highest BCUT2D eigenvalue weighted by Gasteiger charge is 2.47. The molecule has 0 amide bonds. The van der Waals surface area contributed by atoms with Crippen LogP contribution in [-0.2, 0) is 9.47 Å². The Bertz CT molecular complexity index is 1150. The third-order valence-electron chi connectivity index (χ3n) is 5.10. The van der Waals surface area contributed by atoms with Crippen LogP contribution in [0.4, 0.5) is 5.13 Å². The van der Waals surface area contributed by atoms with E-state index in [1.54, 1.807) is 29.8 Å². The van der Waals surface area contributed by atoms with Gasteiger partial charge >= 0.3 is 0 Å². The molecule has 174 valence electrons. The molecule has 1 saturated heterocycles. The highest BCUT2D eigenvalue weighted by molar-refractivity contribution is 7.99. The van der Waals surface area contributed by atoms with Gasteiger partial charge in [-0.2, -0.15) is 5.26 Å². The van der Waals surface area contributed by atoms with Gasteiger partial charge < -0.3 is 25.4 Å². The number of benzene rings is 1. The van der Waals surface area contributed by atoms with Gasteiger partial charge in [0.25, 0.3) is 0 Å². The predicted molar refractivity (Wildman–Crippen MR) is 124 cm³/mol. The quantitative estimate of drug-likeness (QED) is 0.433. The average molecular weight is 509 g/mol. The Morgan fingerprint density at radius 3 is 2.88 bits per heavy atom. The number of anilines is 1. The maximum Gasteiger partial charge on any atom is 0.180 e. The maximum atomic E-state index is 11.0. The number of nitrogens with two attached hydrogens (primary N) is 1. The number of hydrogen-bond acceptors (Lipinski definition) is 11. The number of thiazole rings is 1. The Balaban J connectivity index is 1.66. The number of halogens is 1. The van der Waals surface area contributed by atoms with Crippen LogP contribution in [-0.4, -0.2) is 67.2 Å². The van der Waals surface area contributed by atoms with Crippen LogP contribution < -0.4 is 5.73 Å². The van der Waals surface area contributed by atoms with E-state index in [-0.39, 0.29) is 0 Å². The number of thioether (sulfide) groups is 1. The molecule has 2 unspecified atom stereocenters. The minimum Gasteiger partial charge on any atom is -0.394 e. The third-order valence-corrected chi connectivity index (χ3v) is 7.22. The SMILES string of the molecule is CCOC1[C@@H](Sc2ccc(C#N)c(Cl)c2)OC(CO)[C@H](O)[C@@H]1n1cc(-c2csc(N)n2)nn1. The van der Waals surface area contributed by atoms with E-state index in [9.17, 15) is 10.2 Å². The highest BCUT2D eigenvalue weighted by Crippen LogP contribution is 2.40. The van der Waals surface area contributed by atoms with Gasteiger partial charge in [-0.15, -0.1) is 16.4 Å². The lowest BCUT2D eigenvalue weighted by Crippen LogP contribution is -2.55. The van der Waals surface area contributed by atoms with Crippen LogP contribution in [0.3, 0.4) is 0 Å². The Kier molecular flexibility index (Phi) is 7.50. The van der Waals surface area contributed by atoms with Crippen molar-refractivity contribution in [3.05, 3.63) is 40.4 Å². The van der Waals surface area contributed by atoms with E-state index < -0.39 is 36.4 Å². The Hall–Kier alpha value is -2.24.